The Morgan fingerprint density at radius 2 is 1.72 bits per heavy atom. The van der Waals surface area contributed by atoms with Gasteiger partial charge in [-0.1, -0.05) is 30.3 Å². The van der Waals surface area contributed by atoms with Gasteiger partial charge in [-0.2, -0.15) is 0 Å². The Morgan fingerprint density at radius 3 is 2.32 bits per heavy atom. The molecule has 1 N–H and O–H groups in total. The van der Waals surface area contributed by atoms with Gasteiger partial charge in [0.2, 0.25) is 0 Å². The van der Waals surface area contributed by atoms with E-state index in [1.54, 1.807) is 38.3 Å². The predicted molar refractivity (Wildman–Crippen MR) is 96.0 cm³/mol. The van der Waals surface area contributed by atoms with Crippen LogP contribution < -0.4 is 10.1 Å². The minimum atomic E-state index is -0.385. The van der Waals surface area contributed by atoms with Crippen LogP contribution >= 0.6 is 0 Å². The van der Waals surface area contributed by atoms with Crippen molar-refractivity contribution in [3.05, 3.63) is 65.7 Å². The van der Waals surface area contributed by atoms with Crippen molar-refractivity contribution >= 4 is 11.8 Å². The molecule has 0 aliphatic rings. The number of ketones is 1. The van der Waals surface area contributed by atoms with Crippen LogP contribution in [-0.4, -0.2) is 38.6 Å². The van der Waals surface area contributed by atoms with Crippen LogP contribution in [0.25, 0.3) is 0 Å². The maximum Gasteiger partial charge on any atom is 0.319 e. The number of rotatable bonds is 9. The van der Waals surface area contributed by atoms with Crippen LogP contribution in [0.4, 0.5) is 0 Å². The van der Waals surface area contributed by atoms with Gasteiger partial charge in [-0.3, -0.25) is 9.59 Å². The molecule has 0 fully saturated rings. The molecule has 2 aromatic rings. The molecule has 0 bridgehead atoms. The van der Waals surface area contributed by atoms with Gasteiger partial charge in [-0.05, 0) is 36.8 Å². The molecular weight excluding hydrogens is 318 g/mol. The standard InChI is InChI=1S/C20H23NO4/c1-3-25-19(22)14-21-13-18(15-7-5-4-6-8-15)20(23)16-9-11-17(24-2)12-10-16/h4-12,18,21H,3,13-14H2,1-2H3. The highest BCUT2D eigenvalue weighted by molar-refractivity contribution is 6.01. The van der Waals surface area contributed by atoms with E-state index in [1.165, 1.54) is 0 Å². The maximum absolute atomic E-state index is 12.9. The summed E-state index contributed by atoms with van der Waals surface area (Å²) in [5, 5.41) is 3.02. The number of esters is 1. The Morgan fingerprint density at radius 1 is 1.04 bits per heavy atom. The van der Waals surface area contributed by atoms with Crippen LogP contribution in [0.15, 0.2) is 54.6 Å². The van der Waals surface area contributed by atoms with E-state index in [1.807, 2.05) is 30.3 Å². The lowest BCUT2D eigenvalue weighted by Crippen LogP contribution is -2.31. The number of ether oxygens (including phenoxy) is 2. The largest absolute Gasteiger partial charge is 0.497 e. The SMILES string of the molecule is CCOC(=O)CNCC(C(=O)c1ccc(OC)cc1)c1ccccc1. The van der Waals surface area contributed by atoms with E-state index in [0.717, 1.165) is 5.56 Å². The predicted octanol–water partition coefficient (Wildman–Crippen LogP) is 2.81. The minimum absolute atomic E-state index is 0.00906. The summed E-state index contributed by atoms with van der Waals surface area (Å²) in [7, 11) is 1.59. The number of hydrogen-bond acceptors (Lipinski definition) is 5. The van der Waals surface area contributed by atoms with Gasteiger partial charge in [-0.25, -0.2) is 0 Å². The zero-order valence-corrected chi connectivity index (χ0v) is 14.5. The number of nitrogens with one attached hydrogen (secondary N) is 1. The Labute approximate surface area is 148 Å². The Kier molecular flexibility index (Phi) is 7.16. The van der Waals surface area contributed by atoms with Crippen LogP contribution in [0.2, 0.25) is 0 Å². The lowest BCUT2D eigenvalue weighted by Gasteiger charge is -2.17. The molecule has 0 aliphatic carbocycles. The van der Waals surface area contributed by atoms with Crippen molar-refractivity contribution in [1.29, 1.82) is 0 Å². The lowest BCUT2D eigenvalue weighted by atomic mass is 9.90. The molecule has 132 valence electrons. The molecule has 0 saturated carbocycles. The number of Topliss-reactive ketones (excluding diaryl/α,β-unsaturated/α-hetero) is 1. The number of benzene rings is 2. The molecule has 2 rings (SSSR count). The van der Waals surface area contributed by atoms with Crippen molar-refractivity contribution in [2.24, 2.45) is 0 Å². The van der Waals surface area contributed by atoms with E-state index in [-0.39, 0.29) is 24.2 Å². The summed E-state index contributed by atoms with van der Waals surface area (Å²) in [5.74, 6) is -0.0197. The number of hydrogen-bond donors (Lipinski definition) is 1. The first-order valence-corrected chi connectivity index (χ1v) is 8.25. The lowest BCUT2D eigenvalue weighted by molar-refractivity contribution is -0.142. The van der Waals surface area contributed by atoms with E-state index in [2.05, 4.69) is 5.32 Å². The molecule has 0 spiro atoms. The second-order valence-corrected chi connectivity index (χ2v) is 5.49. The molecule has 0 saturated heterocycles. The topological polar surface area (TPSA) is 64.6 Å². The zero-order valence-electron chi connectivity index (χ0n) is 14.5. The van der Waals surface area contributed by atoms with E-state index in [4.69, 9.17) is 9.47 Å². The van der Waals surface area contributed by atoms with Gasteiger partial charge in [0.1, 0.15) is 5.75 Å². The van der Waals surface area contributed by atoms with Gasteiger partial charge in [-0.15, -0.1) is 0 Å². The molecule has 2 aromatic carbocycles. The van der Waals surface area contributed by atoms with Crippen molar-refractivity contribution in [3.63, 3.8) is 0 Å². The molecule has 1 unspecified atom stereocenters. The van der Waals surface area contributed by atoms with Gasteiger partial charge < -0.3 is 14.8 Å². The number of carbonyl (C=O) groups is 2. The normalized spacial score (nSPS) is 11.6. The summed E-state index contributed by atoms with van der Waals surface area (Å²) < 4.78 is 10.0. The molecular formula is C20H23NO4. The smallest absolute Gasteiger partial charge is 0.319 e. The highest BCUT2D eigenvalue weighted by Gasteiger charge is 2.22. The molecule has 1 atom stereocenters. The molecule has 5 heteroatoms. The van der Waals surface area contributed by atoms with Crippen molar-refractivity contribution in [1.82, 2.24) is 5.32 Å². The molecule has 0 heterocycles. The third-order valence-corrected chi connectivity index (χ3v) is 3.82. The quantitative estimate of drug-likeness (QED) is 0.561. The summed E-state index contributed by atoms with van der Waals surface area (Å²) in [4.78, 5) is 24.4. The fraction of sp³-hybridized carbons (Fsp3) is 0.300. The molecule has 25 heavy (non-hydrogen) atoms. The first kappa shape index (κ1) is 18.7. The Bertz CT molecular complexity index is 683. The first-order valence-electron chi connectivity index (χ1n) is 8.25. The number of methoxy groups -OCH3 is 1. The fourth-order valence-electron chi connectivity index (χ4n) is 2.53. The van der Waals surface area contributed by atoms with E-state index >= 15 is 0 Å². The second kappa shape index (κ2) is 9.59. The van der Waals surface area contributed by atoms with E-state index in [9.17, 15) is 9.59 Å². The van der Waals surface area contributed by atoms with Gasteiger partial charge in [0.05, 0.1) is 26.2 Å². The summed E-state index contributed by atoms with van der Waals surface area (Å²) in [5.41, 5.74) is 1.51. The molecule has 0 aromatic heterocycles. The summed E-state index contributed by atoms with van der Waals surface area (Å²) in [6.45, 7) is 2.53. The van der Waals surface area contributed by atoms with Crippen LogP contribution in [0.3, 0.4) is 0 Å². The van der Waals surface area contributed by atoms with Crippen LogP contribution in [0.1, 0.15) is 28.8 Å². The van der Waals surface area contributed by atoms with Crippen LogP contribution in [0.5, 0.6) is 5.75 Å². The molecule has 0 amide bonds. The monoisotopic (exact) mass is 341 g/mol. The average molecular weight is 341 g/mol. The van der Waals surface area contributed by atoms with Gasteiger partial charge in [0.25, 0.3) is 0 Å². The average Bonchev–Trinajstić information content (AvgIpc) is 2.66. The summed E-state index contributed by atoms with van der Waals surface area (Å²) in [6.07, 6.45) is 0. The van der Waals surface area contributed by atoms with Gasteiger partial charge in [0, 0.05) is 12.1 Å². The molecule has 0 aliphatic heterocycles. The fourth-order valence-corrected chi connectivity index (χ4v) is 2.53. The van der Waals surface area contributed by atoms with Gasteiger partial charge >= 0.3 is 5.97 Å². The third kappa shape index (κ3) is 5.43. The van der Waals surface area contributed by atoms with Crippen LogP contribution in [0, 0.1) is 0 Å². The van der Waals surface area contributed by atoms with Crippen molar-refractivity contribution < 1.29 is 19.1 Å². The van der Waals surface area contributed by atoms with E-state index < -0.39 is 0 Å². The summed E-state index contributed by atoms with van der Waals surface area (Å²) >= 11 is 0. The Balaban J connectivity index is 2.13. The molecule has 5 nitrogen and oxygen atoms in total. The maximum atomic E-state index is 12.9. The van der Waals surface area contributed by atoms with Crippen molar-refractivity contribution in [2.75, 3.05) is 26.8 Å². The van der Waals surface area contributed by atoms with Crippen molar-refractivity contribution in [2.45, 2.75) is 12.8 Å². The number of carbonyl (C=O) groups excluding carboxylic acids is 2. The van der Waals surface area contributed by atoms with Crippen LogP contribution in [-0.2, 0) is 9.53 Å². The highest BCUT2D eigenvalue weighted by atomic mass is 16.5. The van der Waals surface area contributed by atoms with Gasteiger partial charge in [0.15, 0.2) is 5.78 Å². The first-order chi connectivity index (χ1) is 12.2. The zero-order chi connectivity index (χ0) is 18.1. The summed E-state index contributed by atoms with van der Waals surface area (Å²) in [6, 6.07) is 16.6. The second-order valence-electron chi connectivity index (χ2n) is 5.49. The third-order valence-electron chi connectivity index (χ3n) is 3.82. The Hall–Kier alpha value is -2.66. The van der Waals surface area contributed by atoms with E-state index in [0.29, 0.717) is 24.5 Å². The van der Waals surface area contributed by atoms with Crippen molar-refractivity contribution in [3.8, 4) is 5.75 Å². The minimum Gasteiger partial charge on any atom is -0.497 e. The highest BCUT2D eigenvalue weighted by Crippen LogP contribution is 2.22. The molecule has 0 radical (unpaired) electrons.